The van der Waals surface area contributed by atoms with Crippen molar-refractivity contribution in [1.29, 1.82) is 0 Å². The highest BCUT2D eigenvalue weighted by Crippen LogP contribution is 2.28. The van der Waals surface area contributed by atoms with Crippen LogP contribution >= 0.6 is 0 Å². The summed E-state index contributed by atoms with van der Waals surface area (Å²) in [5.74, 6) is 1.91. The zero-order chi connectivity index (χ0) is 13.1. The van der Waals surface area contributed by atoms with E-state index < -0.39 is 0 Å². The molecule has 0 saturated heterocycles. The average Bonchev–Trinajstić information content (AvgIpc) is 2.87. The molecule has 18 heavy (non-hydrogen) atoms. The smallest absolute Gasteiger partial charge is 0.244 e. The Labute approximate surface area is 106 Å². The Kier molecular flexibility index (Phi) is 3.62. The number of hydrogen-bond donors (Lipinski definition) is 1. The third-order valence-corrected chi connectivity index (χ3v) is 2.79. The molecule has 96 valence electrons. The molecule has 0 aliphatic rings. The molecule has 2 aromatic rings. The quantitative estimate of drug-likeness (QED) is 0.898. The van der Waals surface area contributed by atoms with Crippen LogP contribution in [0.15, 0.2) is 28.8 Å². The molecule has 2 N–H and O–H groups in total. The lowest BCUT2D eigenvalue weighted by molar-refractivity contribution is 0.325. The van der Waals surface area contributed by atoms with Crippen LogP contribution in [0.25, 0.3) is 11.4 Å². The Hall–Kier alpha value is -1.88. The van der Waals surface area contributed by atoms with E-state index >= 15 is 0 Å². The summed E-state index contributed by atoms with van der Waals surface area (Å²) < 4.78 is 10.5. The van der Waals surface area contributed by atoms with E-state index in [1.807, 2.05) is 38.1 Å². The van der Waals surface area contributed by atoms with E-state index in [9.17, 15) is 0 Å². The van der Waals surface area contributed by atoms with E-state index in [-0.39, 0.29) is 12.0 Å². The molecule has 1 unspecified atom stereocenters. The lowest BCUT2D eigenvalue weighted by Crippen LogP contribution is -2.16. The second-order valence-electron chi connectivity index (χ2n) is 4.43. The van der Waals surface area contributed by atoms with Gasteiger partial charge >= 0.3 is 0 Å². The second-order valence-corrected chi connectivity index (χ2v) is 4.43. The van der Waals surface area contributed by atoms with Gasteiger partial charge in [0.25, 0.3) is 0 Å². The van der Waals surface area contributed by atoms with Crippen molar-refractivity contribution in [3.8, 4) is 17.1 Å². The van der Waals surface area contributed by atoms with Gasteiger partial charge in [0.1, 0.15) is 5.75 Å². The zero-order valence-electron chi connectivity index (χ0n) is 10.8. The molecule has 1 aromatic heterocycles. The van der Waals surface area contributed by atoms with Crippen LogP contribution < -0.4 is 10.5 Å². The van der Waals surface area contributed by atoms with Crippen LogP contribution in [0, 0.1) is 5.92 Å². The van der Waals surface area contributed by atoms with Crippen LogP contribution in [0.2, 0.25) is 0 Å². The standard InChI is InChI=1S/C13H17N3O2/c1-8(2)11(14)13-15-12(16-18-13)9-6-4-5-7-10(9)17-3/h4-8,11H,14H2,1-3H3. The highest BCUT2D eigenvalue weighted by atomic mass is 16.5. The van der Waals surface area contributed by atoms with Gasteiger partial charge in [0.15, 0.2) is 0 Å². The molecule has 2 rings (SSSR count). The Morgan fingerprint density at radius 2 is 2.00 bits per heavy atom. The number of hydrogen-bond acceptors (Lipinski definition) is 5. The molecule has 0 amide bonds. The number of para-hydroxylation sites is 1. The topological polar surface area (TPSA) is 74.2 Å². The van der Waals surface area contributed by atoms with Crippen LogP contribution in [0.5, 0.6) is 5.75 Å². The van der Waals surface area contributed by atoms with Crippen LogP contribution in [-0.2, 0) is 0 Å². The number of ether oxygens (including phenoxy) is 1. The van der Waals surface area contributed by atoms with E-state index in [4.69, 9.17) is 15.0 Å². The van der Waals surface area contributed by atoms with Gasteiger partial charge in [0, 0.05) is 0 Å². The minimum absolute atomic E-state index is 0.246. The van der Waals surface area contributed by atoms with Gasteiger partial charge in [-0.1, -0.05) is 31.1 Å². The van der Waals surface area contributed by atoms with Crippen LogP contribution in [0.3, 0.4) is 0 Å². The molecule has 1 heterocycles. The molecule has 0 bridgehead atoms. The summed E-state index contributed by atoms with van der Waals surface area (Å²) in [6, 6.07) is 7.28. The molecule has 5 heteroatoms. The van der Waals surface area contributed by atoms with Crippen molar-refractivity contribution in [2.45, 2.75) is 19.9 Å². The molecule has 0 saturated carbocycles. The fourth-order valence-corrected chi connectivity index (χ4v) is 1.59. The zero-order valence-corrected chi connectivity index (χ0v) is 10.8. The van der Waals surface area contributed by atoms with Crippen molar-refractivity contribution in [2.24, 2.45) is 11.7 Å². The highest BCUT2D eigenvalue weighted by molar-refractivity contribution is 5.63. The van der Waals surface area contributed by atoms with E-state index in [1.165, 1.54) is 0 Å². The van der Waals surface area contributed by atoms with Gasteiger partial charge in [-0.3, -0.25) is 0 Å². The Morgan fingerprint density at radius 3 is 2.67 bits per heavy atom. The number of rotatable bonds is 4. The molecule has 0 aliphatic carbocycles. The van der Waals surface area contributed by atoms with Gasteiger partial charge in [0.2, 0.25) is 11.7 Å². The van der Waals surface area contributed by atoms with Gasteiger partial charge in [-0.15, -0.1) is 0 Å². The number of nitrogens with two attached hydrogens (primary N) is 1. The van der Waals surface area contributed by atoms with Gasteiger partial charge in [-0.2, -0.15) is 4.98 Å². The lowest BCUT2D eigenvalue weighted by atomic mass is 10.1. The SMILES string of the molecule is COc1ccccc1-c1noc(C(N)C(C)C)n1. The number of nitrogens with zero attached hydrogens (tertiary/aromatic N) is 2. The Balaban J connectivity index is 2.35. The average molecular weight is 247 g/mol. The maximum Gasteiger partial charge on any atom is 0.244 e. The molecule has 0 spiro atoms. The summed E-state index contributed by atoms with van der Waals surface area (Å²) >= 11 is 0. The molecule has 0 aliphatic heterocycles. The van der Waals surface area contributed by atoms with Crippen molar-refractivity contribution in [2.75, 3.05) is 7.11 Å². The van der Waals surface area contributed by atoms with Crippen molar-refractivity contribution in [1.82, 2.24) is 10.1 Å². The summed E-state index contributed by atoms with van der Waals surface area (Å²) in [6.45, 7) is 4.02. The summed E-state index contributed by atoms with van der Waals surface area (Å²) in [6.07, 6.45) is 0. The van der Waals surface area contributed by atoms with E-state index in [1.54, 1.807) is 7.11 Å². The molecule has 1 aromatic carbocycles. The van der Waals surface area contributed by atoms with Crippen molar-refractivity contribution >= 4 is 0 Å². The number of benzene rings is 1. The van der Waals surface area contributed by atoms with Crippen LogP contribution in [0.1, 0.15) is 25.8 Å². The molecular formula is C13H17N3O2. The minimum atomic E-state index is -0.249. The Morgan fingerprint density at radius 1 is 1.28 bits per heavy atom. The maximum atomic E-state index is 5.97. The van der Waals surface area contributed by atoms with Crippen LogP contribution in [-0.4, -0.2) is 17.3 Å². The first kappa shape index (κ1) is 12.6. The first-order chi connectivity index (χ1) is 8.63. The fourth-order valence-electron chi connectivity index (χ4n) is 1.59. The van der Waals surface area contributed by atoms with E-state index in [0.29, 0.717) is 17.5 Å². The maximum absolute atomic E-state index is 5.97. The second kappa shape index (κ2) is 5.18. The van der Waals surface area contributed by atoms with Crippen LogP contribution in [0.4, 0.5) is 0 Å². The van der Waals surface area contributed by atoms with Gasteiger partial charge < -0.3 is 15.0 Å². The van der Waals surface area contributed by atoms with Gasteiger partial charge in [0.05, 0.1) is 18.7 Å². The molecular weight excluding hydrogens is 230 g/mol. The summed E-state index contributed by atoms with van der Waals surface area (Å²) in [4.78, 5) is 4.33. The van der Waals surface area contributed by atoms with Crippen molar-refractivity contribution in [3.63, 3.8) is 0 Å². The Bertz CT molecular complexity index is 522. The molecule has 0 fully saturated rings. The summed E-state index contributed by atoms with van der Waals surface area (Å²) in [7, 11) is 1.61. The predicted octanol–water partition coefficient (Wildman–Crippen LogP) is 2.40. The molecule has 0 radical (unpaired) electrons. The highest BCUT2D eigenvalue weighted by Gasteiger charge is 2.19. The third-order valence-electron chi connectivity index (χ3n) is 2.79. The fraction of sp³-hybridized carbons (Fsp3) is 0.385. The first-order valence-corrected chi connectivity index (χ1v) is 5.86. The monoisotopic (exact) mass is 247 g/mol. The summed E-state index contributed by atoms with van der Waals surface area (Å²) in [5, 5.41) is 3.95. The minimum Gasteiger partial charge on any atom is -0.496 e. The normalized spacial score (nSPS) is 12.7. The largest absolute Gasteiger partial charge is 0.496 e. The van der Waals surface area contributed by atoms with E-state index in [2.05, 4.69) is 10.1 Å². The lowest BCUT2D eigenvalue weighted by Gasteiger charge is -2.09. The van der Waals surface area contributed by atoms with Gasteiger partial charge in [-0.05, 0) is 18.1 Å². The van der Waals surface area contributed by atoms with Crippen molar-refractivity contribution < 1.29 is 9.26 Å². The molecule has 5 nitrogen and oxygen atoms in total. The molecule has 1 atom stereocenters. The van der Waals surface area contributed by atoms with E-state index in [0.717, 1.165) is 5.56 Å². The summed E-state index contributed by atoms with van der Waals surface area (Å²) in [5.41, 5.74) is 6.77. The number of aromatic nitrogens is 2. The predicted molar refractivity (Wildman–Crippen MR) is 68.1 cm³/mol. The van der Waals surface area contributed by atoms with Crippen molar-refractivity contribution in [3.05, 3.63) is 30.2 Å². The third kappa shape index (κ3) is 2.36. The first-order valence-electron chi connectivity index (χ1n) is 5.86. The van der Waals surface area contributed by atoms with Gasteiger partial charge in [-0.25, -0.2) is 0 Å². The number of methoxy groups -OCH3 is 1.